The van der Waals surface area contributed by atoms with Crippen LogP contribution in [0.15, 0.2) is 119 Å². The maximum atomic E-state index is 4.67. The number of hydrogen-bond acceptors (Lipinski definition) is 3. The number of pyridine rings is 2. The Bertz CT molecular complexity index is 1700. The van der Waals surface area contributed by atoms with E-state index in [4.69, 9.17) is 0 Å². The summed E-state index contributed by atoms with van der Waals surface area (Å²) in [4.78, 5) is 11.7. The van der Waals surface area contributed by atoms with E-state index in [1.807, 2.05) is 12.4 Å². The fraction of sp³-hybridized carbons (Fsp3) is 0.0556. The third kappa shape index (κ3) is 6.17. The molecule has 6 rings (SSSR count). The van der Waals surface area contributed by atoms with Crippen LogP contribution in [-0.2, 0) is 0 Å². The molecule has 0 fully saturated rings. The van der Waals surface area contributed by atoms with Crippen LogP contribution in [0.1, 0.15) is 33.6 Å². The van der Waals surface area contributed by atoms with Gasteiger partial charge >= 0.3 is 0 Å². The van der Waals surface area contributed by atoms with Gasteiger partial charge in [-0.1, -0.05) is 95.7 Å². The van der Waals surface area contributed by atoms with Gasteiger partial charge in [0.15, 0.2) is 0 Å². The third-order valence-electron chi connectivity index (χ3n) is 6.71. The minimum Gasteiger partial charge on any atom is -0.256 e. The zero-order valence-electron chi connectivity index (χ0n) is 22.0. The molecule has 0 bridgehead atoms. The van der Waals surface area contributed by atoms with Crippen molar-refractivity contribution in [3.8, 4) is 0 Å². The van der Waals surface area contributed by atoms with Crippen LogP contribution in [0.4, 0.5) is 0 Å². The summed E-state index contributed by atoms with van der Waals surface area (Å²) in [5.74, 6) is 0. The Morgan fingerprint density at radius 2 is 0.897 bits per heavy atom. The van der Waals surface area contributed by atoms with Crippen molar-refractivity contribution < 1.29 is 0 Å². The van der Waals surface area contributed by atoms with Gasteiger partial charge in [-0.2, -0.15) is 0 Å². The van der Waals surface area contributed by atoms with Gasteiger partial charge in [0.05, 0.1) is 11.4 Å². The van der Waals surface area contributed by atoms with E-state index in [2.05, 4.69) is 145 Å². The number of aryl methyl sites for hydroxylation is 2. The molecule has 0 amide bonds. The lowest BCUT2D eigenvalue weighted by Gasteiger charge is -2.06. The largest absolute Gasteiger partial charge is 0.256 e. The summed E-state index contributed by atoms with van der Waals surface area (Å²) in [5.41, 5.74) is 6.80. The van der Waals surface area contributed by atoms with Gasteiger partial charge in [-0.15, -0.1) is 0 Å². The zero-order valence-corrected chi connectivity index (χ0v) is 22.8. The first-order valence-electron chi connectivity index (χ1n) is 13.0. The molecule has 188 valence electrons. The second-order valence-corrected chi connectivity index (χ2v) is 11.0. The van der Waals surface area contributed by atoms with E-state index >= 15 is 0 Å². The Labute approximate surface area is 233 Å². The molecule has 2 aromatic heterocycles. The molecule has 0 N–H and O–H groups in total. The quantitative estimate of drug-likeness (QED) is 0.218. The fourth-order valence-corrected chi connectivity index (χ4v) is 5.35. The van der Waals surface area contributed by atoms with E-state index in [-0.39, 0.29) is 0 Å². The first kappa shape index (κ1) is 24.8. The van der Waals surface area contributed by atoms with E-state index in [0.29, 0.717) is 0 Å². The highest BCUT2D eigenvalue weighted by atomic mass is 32.2. The topological polar surface area (TPSA) is 25.8 Å². The van der Waals surface area contributed by atoms with Crippen LogP contribution in [0, 0.1) is 13.8 Å². The van der Waals surface area contributed by atoms with E-state index < -0.39 is 0 Å². The van der Waals surface area contributed by atoms with Crippen LogP contribution in [0.25, 0.3) is 45.8 Å². The predicted octanol–water partition coefficient (Wildman–Crippen LogP) is 9.89. The Balaban J connectivity index is 1.16. The minimum absolute atomic E-state index is 0.957. The molecule has 0 aliphatic carbocycles. The molecule has 0 aliphatic heterocycles. The molecule has 0 atom stereocenters. The maximum absolute atomic E-state index is 4.67. The van der Waals surface area contributed by atoms with Gasteiger partial charge in [-0.05, 0) is 84.3 Å². The van der Waals surface area contributed by atoms with Gasteiger partial charge in [0.25, 0.3) is 0 Å². The average Bonchev–Trinajstić information content (AvgIpc) is 2.96. The molecule has 0 radical (unpaired) electrons. The standard InChI is InChI=1S/C36H28N2S/c1-25-3-7-27(8-4-25)11-15-33-19-29-13-17-35(21-31(29)23-37-33)39-36-18-14-30-20-34(38-24-32(30)22-36)16-12-28-9-5-26(2)6-10-28/h3-24H,1-2H3/b15-11+,16-12+. The van der Waals surface area contributed by atoms with Gasteiger partial charge in [0, 0.05) is 33.0 Å². The molecule has 2 nitrogen and oxygen atoms in total. The first-order valence-corrected chi connectivity index (χ1v) is 13.9. The Morgan fingerprint density at radius 3 is 1.33 bits per heavy atom. The lowest BCUT2D eigenvalue weighted by atomic mass is 10.1. The van der Waals surface area contributed by atoms with Crippen LogP contribution < -0.4 is 0 Å². The maximum Gasteiger partial charge on any atom is 0.0636 e. The normalized spacial score (nSPS) is 11.7. The minimum atomic E-state index is 0.957. The summed E-state index contributed by atoms with van der Waals surface area (Å²) in [5, 5.41) is 4.65. The van der Waals surface area contributed by atoms with Gasteiger partial charge in [-0.3, -0.25) is 9.97 Å². The molecule has 39 heavy (non-hydrogen) atoms. The second-order valence-electron chi connectivity index (χ2n) is 9.83. The van der Waals surface area contributed by atoms with Crippen LogP contribution in [-0.4, -0.2) is 9.97 Å². The van der Waals surface area contributed by atoms with Crippen molar-refractivity contribution >= 4 is 57.6 Å². The highest BCUT2D eigenvalue weighted by Gasteiger charge is 2.04. The van der Waals surface area contributed by atoms with E-state index in [9.17, 15) is 0 Å². The molecular weight excluding hydrogens is 492 g/mol. The number of aromatic nitrogens is 2. The monoisotopic (exact) mass is 520 g/mol. The summed E-state index contributed by atoms with van der Waals surface area (Å²) in [7, 11) is 0. The van der Waals surface area contributed by atoms with Crippen LogP contribution in [0.2, 0.25) is 0 Å². The summed E-state index contributed by atoms with van der Waals surface area (Å²) in [6, 6.07) is 34.4. The van der Waals surface area contributed by atoms with Gasteiger partial charge in [0.2, 0.25) is 0 Å². The number of benzene rings is 4. The lowest BCUT2D eigenvalue weighted by Crippen LogP contribution is -1.84. The van der Waals surface area contributed by atoms with Crippen molar-refractivity contribution in [2.24, 2.45) is 0 Å². The molecule has 0 unspecified atom stereocenters. The molecule has 0 spiro atoms. The molecule has 3 heteroatoms. The van der Waals surface area contributed by atoms with E-state index in [1.165, 1.54) is 42.8 Å². The van der Waals surface area contributed by atoms with Crippen molar-refractivity contribution in [1.82, 2.24) is 9.97 Å². The van der Waals surface area contributed by atoms with Crippen LogP contribution in [0.5, 0.6) is 0 Å². The third-order valence-corrected chi connectivity index (χ3v) is 7.69. The second kappa shape index (κ2) is 11.1. The number of fused-ring (bicyclic) bond motifs is 2. The fourth-order valence-electron chi connectivity index (χ4n) is 4.44. The SMILES string of the molecule is Cc1ccc(/C=C/c2cc3ccc(Sc4ccc5cc(/C=C/c6ccc(C)cc6)ncc5c4)cc3cn2)cc1. The van der Waals surface area contributed by atoms with Crippen LogP contribution >= 0.6 is 11.8 Å². The zero-order chi connectivity index (χ0) is 26.6. The Kier molecular flexibility index (Phi) is 7.07. The number of rotatable bonds is 6. The molecule has 4 aromatic carbocycles. The lowest BCUT2D eigenvalue weighted by molar-refractivity contribution is 1.32. The molecule has 0 saturated carbocycles. The van der Waals surface area contributed by atoms with Crippen molar-refractivity contribution in [3.05, 3.63) is 143 Å². The predicted molar refractivity (Wildman–Crippen MR) is 168 cm³/mol. The van der Waals surface area contributed by atoms with Gasteiger partial charge in [0.1, 0.15) is 0 Å². The molecule has 0 aliphatic rings. The van der Waals surface area contributed by atoms with E-state index in [0.717, 1.165) is 22.2 Å². The summed E-state index contributed by atoms with van der Waals surface area (Å²) >= 11 is 1.76. The van der Waals surface area contributed by atoms with Crippen molar-refractivity contribution in [1.29, 1.82) is 0 Å². The smallest absolute Gasteiger partial charge is 0.0636 e. The number of hydrogen-bond donors (Lipinski definition) is 0. The highest BCUT2D eigenvalue weighted by Crippen LogP contribution is 2.32. The number of nitrogens with zero attached hydrogens (tertiary/aromatic N) is 2. The molecule has 6 aromatic rings. The summed E-state index contributed by atoms with van der Waals surface area (Å²) in [6.07, 6.45) is 12.3. The van der Waals surface area contributed by atoms with Crippen molar-refractivity contribution in [2.45, 2.75) is 23.6 Å². The van der Waals surface area contributed by atoms with Crippen LogP contribution in [0.3, 0.4) is 0 Å². The molecule has 0 saturated heterocycles. The molecule has 2 heterocycles. The highest BCUT2D eigenvalue weighted by molar-refractivity contribution is 7.99. The summed E-state index contributed by atoms with van der Waals surface area (Å²) < 4.78 is 0. The van der Waals surface area contributed by atoms with Gasteiger partial charge in [-0.25, -0.2) is 0 Å². The molecular formula is C36H28N2S. The van der Waals surface area contributed by atoms with Gasteiger partial charge < -0.3 is 0 Å². The average molecular weight is 521 g/mol. The van der Waals surface area contributed by atoms with Crippen molar-refractivity contribution in [2.75, 3.05) is 0 Å². The Hall–Kier alpha value is -4.47. The Morgan fingerprint density at radius 1 is 0.462 bits per heavy atom. The first-order chi connectivity index (χ1) is 19.1. The van der Waals surface area contributed by atoms with E-state index in [1.54, 1.807) is 11.8 Å². The summed E-state index contributed by atoms with van der Waals surface area (Å²) in [6.45, 7) is 4.20. The van der Waals surface area contributed by atoms with Crippen molar-refractivity contribution in [3.63, 3.8) is 0 Å².